The molecule has 8 nitrogen and oxygen atoms in total. The third-order valence-corrected chi connectivity index (χ3v) is 6.02. The van der Waals surface area contributed by atoms with Crippen LogP contribution in [0.15, 0.2) is 24.3 Å². The molecule has 1 aromatic carbocycles. The highest BCUT2D eigenvalue weighted by atomic mass is 16.5. The van der Waals surface area contributed by atoms with Gasteiger partial charge in [-0.3, -0.25) is 0 Å². The molecule has 0 amide bonds. The molecule has 2 atom stereocenters. The molecule has 0 radical (unpaired) electrons. The van der Waals surface area contributed by atoms with Gasteiger partial charge < -0.3 is 19.3 Å². The number of hydrogen-bond donors (Lipinski definition) is 1. The number of tetrazole rings is 1. The van der Waals surface area contributed by atoms with Gasteiger partial charge in [0.1, 0.15) is 11.8 Å². The van der Waals surface area contributed by atoms with E-state index in [1.807, 2.05) is 16.8 Å². The van der Waals surface area contributed by atoms with E-state index >= 15 is 0 Å². The van der Waals surface area contributed by atoms with E-state index in [1.165, 1.54) is 5.69 Å². The van der Waals surface area contributed by atoms with Gasteiger partial charge in [0.05, 0.1) is 45.9 Å². The number of nitrogens with zero attached hydrogens (tertiary/aromatic N) is 5. The van der Waals surface area contributed by atoms with Crippen LogP contribution in [-0.4, -0.2) is 66.2 Å². The largest absolute Gasteiger partial charge is 0.497 e. The molecule has 1 aromatic heterocycles. The molecular weight excluding hydrogens is 356 g/mol. The normalized spacial score (nSPS) is 21.8. The van der Waals surface area contributed by atoms with E-state index in [2.05, 4.69) is 39.5 Å². The van der Waals surface area contributed by atoms with Crippen LogP contribution < -0.4 is 14.5 Å². The highest BCUT2D eigenvalue weighted by Crippen LogP contribution is 2.20. The van der Waals surface area contributed by atoms with Crippen LogP contribution in [0.2, 0.25) is 0 Å². The van der Waals surface area contributed by atoms with E-state index in [0.29, 0.717) is 6.04 Å². The van der Waals surface area contributed by atoms with E-state index < -0.39 is 0 Å². The Morgan fingerprint density at radius 1 is 1.25 bits per heavy atom. The summed E-state index contributed by atoms with van der Waals surface area (Å²) in [5, 5.41) is 12.6. The number of anilines is 1. The maximum absolute atomic E-state index is 5.78. The first-order valence-electron chi connectivity index (χ1n) is 10.4. The minimum Gasteiger partial charge on any atom is -0.497 e. The summed E-state index contributed by atoms with van der Waals surface area (Å²) in [5.74, 6) is 1.91. The van der Waals surface area contributed by atoms with Crippen molar-refractivity contribution < 1.29 is 14.4 Å². The third-order valence-electron chi connectivity index (χ3n) is 6.02. The summed E-state index contributed by atoms with van der Waals surface area (Å²) in [6, 6.07) is 8.67. The molecule has 2 aliphatic rings. The fourth-order valence-electron chi connectivity index (χ4n) is 4.42. The summed E-state index contributed by atoms with van der Waals surface area (Å²) in [5.41, 5.74) is 1.26. The Morgan fingerprint density at radius 2 is 2.04 bits per heavy atom. The molecule has 2 aromatic rings. The number of ether oxygens (including phenoxy) is 2. The quantitative estimate of drug-likeness (QED) is 0.755. The molecule has 4 rings (SSSR count). The predicted molar refractivity (Wildman–Crippen MR) is 106 cm³/mol. The highest BCUT2D eigenvalue weighted by Gasteiger charge is 2.32. The Hall–Kier alpha value is -2.19. The van der Waals surface area contributed by atoms with E-state index in [0.717, 1.165) is 70.2 Å². The summed E-state index contributed by atoms with van der Waals surface area (Å²) in [6.45, 7) is 8.09. The molecule has 0 spiro atoms. The average Bonchev–Trinajstić information content (AvgIpc) is 3.42. The van der Waals surface area contributed by atoms with Gasteiger partial charge in [-0.1, -0.05) is 6.92 Å². The summed E-state index contributed by atoms with van der Waals surface area (Å²) < 4.78 is 13.0. The molecule has 2 saturated heterocycles. The lowest BCUT2D eigenvalue weighted by Crippen LogP contribution is -3.15. The Balaban J connectivity index is 1.39. The van der Waals surface area contributed by atoms with Crippen LogP contribution in [0.1, 0.15) is 38.1 Å². The molecule has 28 heavy (non-hydrogen) atoms. The number of rotatable bonds is 7. The average molecular weight is 388 g/mol. The first kappa shape index (κ1) is 19.1. The summed E-state index contributed by atoms with van der Waals surface area (Å²) >= 11 is 0. The molecule has 0 aliphatic carbocycles. The Morgan fingerprint density at radius 3 is 2.68 bits per heavy atom. The molecule has 1 N–H and O–H groups in total. The Bertz CT molecular complexity index is 735. The lowest BCUT2D eigenvalue weighted by atomic mass is 10.1. The zero-order valence-corrected chi connectivity index (χ0v) is 16.9. The van der Waals surface area contributed by atoms with E-state index in [9.17, 15) is 0 Å². The van der Waals surface area contributed by atoms with Gasteiger partial charge in [0.2, 0.25) is 5.82 Å². The first-order chi connectivity index (χ1) is 13.8. The molecule has 2 fully saturated rings. The lowest BCUT2D eigenvalue weighted by Gasteiger charge is -2.37. The lowest BCUT2D eigenvalue weighted by molar-refractivity contribution is -0.933. The van der Waals surface area contributed by atoms with Crippen molar-refractivity contribution in [3.8, 4) is 5.75 Å². The molecule has 0 saturated carbocycles. The minimum absolute atomic E-state index is 0.252. The van der Waals surface area contributed by atoms with E-state index in [4.69, 9.17) is 9.47 Å². The summed E-state index contributed by atoms with van der Waals surface area (Å²) in [4.78, 5) is 4.01. The van der Waals surface area contributed by atoms with Crippen LogP contribution in [0.3, 0.4) is 0 Å². The summed E-state index contributed by atoms with van der Waals surface area (Å²) in [6.07, 6.45) is 3.52. The van der Waals surface area contributed by atoms with Gasteiger partial charge in [0.15, 0.2) is 0 Å². The molecule has 0 unspecified atom stereocenters. The van der Waals surface area contributed by atoms with Crippen LogP contribution in [-0.2, 0) is 11.3 Å². The third kappa shape index (κ3) is 4.12. The second-order valence-corrected chi connectivity index (χ2v) is 7.66. The smallest absolute Gasteiger partial charge is 0.209 e. The van der Waals surface area contributed by atoms with Gasteiger partial charge in [-0.05, 0) is 47.5 Å². The van der Waals surface area contributed by atoms with Gasteiger partial charge in [-0.2, -0.15) is 0 Å². The predicted octanol–water partition coefficient (Wildman–Crippen LogP) is 0.717. The van der Waals surface area contributed by atoms with E-state index in [1.54, 1.807) is 12.0 Å². The second-order valence-electron chi connectivity index (χ2n) is 7.66. The van der Waals surface area contributed by atoms with Crippen molar-refractivity contribution >= 4 is 5.69 Å². The maximum Gasteiger partial charge on any atom is 0.209 e. The topological polar surface area (TPSA) is 69.7 Å². The molecule has 3 heterocycles. The van der Waals surface area contributed by atoms with Crippen molar-refractivity contribution in [2.75, 3.05) is 44.8 Å². The van der Waals surface area contributed by atoms with Crippen LogP contribution >= 0.6 is 0 Å². The Labute approximate surface area is 166 Å². The van der Waals surface area contributed by atoms with Crippen molar-refractivity contribution in [3.05, 3.63) is 30.1 Å². The molecule has 0 bridgehead atoms. The number of aromatic nitrogens is 4. The van der Waals surface area contributed by atoms with Gasteiger partial charge in [0, 0.05) is 18.7 Å². The molecule has 2 aliphatic heterocycles. The van der Waals surface area contributed by atoms with Crippen molar-refractivity contribution in [1.82, 2.24) is 20.2 Å². The second kappa shape index (κ2) is 8.87. The zero-order chi connectivity index (χ0) is 19.3. The van der Waals surface area contributed by atoms with Gasteiger partial charge in [-0.15, -0.1) is 5.10 Å². The number of hydrogen-bond acceptors (Lipinski definition) is 6. The first-order valence-corrected chi connectivity index (χ1v) is 10.4. The monoisotopic (exact) mass is 387 g/mol. The van der Waals surface area contributed by atoms with Crippen LogP contribution in [0, 0.1) is 0 Å². The minimum atomic E-state index is 0.252. The fourth-order valence-corrected chi connectivity index (χ4v) is 4.42. The maximum atomic E-state index is 5.78. The number of methoxy groups -OCH3 is 1. The fraction of sp³-hybridized carbons (Fsp3) is 0.650. The number of piperazine rings is 1. The number of benzene rings is 1. The summed E-state index contributed by atoms with van der Waals surface area (Å²) in [7, 11) is 1.70. The van der Waals surface area contributed by atoms with Gasteiger partial charge in [-0.25, -0.2) is 4.68 Å². The number of quaternary nitrogens is 1. The van der Waals surface area contributed by atoms with Crippen LogP contribution in [0.4, 0.5) is 5.69 Å². The SMILES string of the molecule is CC[C@@H](c1nnnn1C[C@@H]1CCCO1)[NH+]1CCN(c2ccc(OC)cc2)CC1. The van der Waals surface area contributed by atoms with Crippen molar-refractivity contribution in [2.24, 2.45) is 0 Å². The van der Waals surface area contributed by atoms with Crippen LogP contribution in [0.5, 0.6) is 5.75 Å². The standard InChI is InChI=1S/C20H30N6O2/c1-3-19(20-21-22-23-26(20)15-18-5-4-14-28-18)25-12-10-24(11-13-25)16-6-8-17(27-2)9-7-16/h6-9,18-19H,3-5,10-15H2,1-2H3/p+1/t18-,19-/m0/s1. The van der Waals surface area contributed by atoms with Gasteiger partial charge >= 0.3 is 0 Å². The van der Waals surface area contributed by atoms with Crippen molar-refractivity contribution in [3.63, 3.8) is 0 Å². The zero-order valence-electron chi connectivity index (χ0n) is 16.9. The van der Waals surface area contributed by atoms with Crippen molar-refractivity contribution in [2.45, 2.75) is 44.9 Å². The molecular formula is C20H31N6O2+. The van der Waals surface area contributed by atoms with Crippen molar-refractivity contribution in [1.29, 1.82) is 0 Å². The Kier molecular flexibility index (Phi) is 6.07. The molecule has 152 valence electrons. The van der Waals surface area contributed by atoms with Crippen LogP contribution in [0.25, 0.3) is 0 Å². The van der Waals surface area contributed by atoms with E-state index in [-0.39, 0.29) is 6.10 Å². The van der Waals surface area contributed by atoms with Gasteiger partial charge in [0.25, 0.3) is 0 Å². The number of nitrogens with one attached hydrogen (secondary N) is 1. The molecule has 8 heteroatoms. The highest BCUT2D eigenvalue weighted by molar-refractivity contribution is 5.49.